The third-order valence-electron chi connectivity index (χ3n) is 0.470. The molecule has 0 aliphatic rings. The second kappa shape index (κ2) is 3.18. The molecule has 0 atom stereocenters. The summed E-state index contributed by atoms with van der Waals surface area (Å²) >= 11 is 0. The van der Waals surface area contributed by atoms with Gasteiger partial charge in [-0.15, -0.1) is 0 Å². The average Bonchev–Trinajstić information content (AvgIpc) is 1.67. The smallest absolute Gasteiger partial charge is 0.367 e. The van der Waals surface area contributed by atoms with Crippen LogP contribution in [0.25, 0.3) is 0 Å². The van der Waals surface area contributed by atoms with Crippen molar-refractivity contribution in [3.63, 3.8) is 0 Å². The van der Waals surface area contributed by atoms with Crippen LogP contribution < -0.4 is 0 Å². The minimum atomic E-state index is -1.30. The van der Waals surface area contributed by atoms with E-state index < -0.39 is 11.8 Å². The Kier molecular flexibility index (Phi) is 2.84. The summed E-state index contributed by atoms with van der Waals surface area (Å²) < 4.78 is 15.6. The Morgan fingerprint density at radius 3 is 2.50 bits per heavy atom. The number of hydrogen-bond donors (Lipinski definition) is 0. The minimum Gasteiger partial charge on any atom is -0.461 e. The highest BCUT2D eigenvalue weighted by atomic mass is 19.1. The first kappa shape index (κ1) is 7.14. The first-order valence-electron chi connectivity index (χ1n) is 2.13. The van der Waals surface area contributed by atoms with E-state index in [1.54, 1.807) is 6.92 Å². The van der Waals surface area contributed by atoms with Crippen molar-refractivity contribution < 1.29 is 13.9 Å². The van der Waals surface area contributed by atoms with E-state index in [0.717, 1.165) is 0 Å². The molecule has 0 rings (SSSR count). The normalized spacial score (nSPS) is 8.25. The number of esters is 1. The number of hydrogen-bond acceptors (Lipinski definition) is 2. The van der Waals surface area contributed by atoms with E-state index in [0.29, 0.717) is 0 Å². The largest absolute Gasteiger partial charge is 0.461 e. The van der Waals surface area contributed by atoms with E-state index in [9.17, 15) is 9.18 Å². The molecule has 0 unspecified atom stereocenters. The molecule has 3 heteroatoms. The second-order valence-corrected chi connectivity index (χ2v) is 1.07. The van der Waals surface area contributed by atoms with E-state index in [1.807, 2.05) is 0 Å². The zero-order valence-corrected chi connectivity index (χ0v) is 4.48. The Hall–Kier alpha value is -0.860. The molecular weight excluding hydrogens is 111 g/mol. The molecule has 0 fully saturated rings. The van der Waals surface area contributed by atoms with E-state index >= 15 is 0 Å². The predicted octanol–water partition coefficient (Wildman–Crippen LogP) is 0.836. The van der Waals surface area contributed by atoms with Gasteiger partial charge < -0.3 is 4.74 Å². The first-order chi connectivity index (χ1) is 3.68. The highest BCUT2D eigenvalue weighted by Gasteiger charge is 2.03. The summed E-state index contributed by atoms with van der Waals surface area (Å²) in [5.41, 5.74) is 0. The van der Waals surface area contributed by atoms with Gasteiger partial charge in [-0.05, 0) is 13.5 Å². The molecule has 0 aliphatic carbocycles. The molecule has 0 N–H and O–H groups in total. The maximum absolute atomic E-state index is 11.5. The summed E-state index contributed by atoms with van der Waals surface area (Å²) in [6.07, 6.45) is 0. The molecule has 45 valence electrons. The SMILES string of the molecule is [CH]=C(F)C(=O)OCC. The second-order valence-electron chi connectivity index (χ2n) is 1.07. The van der Waals surface area contributed by atoms with Crippen LogP contribution >= 0.6 is 0 Å². The average molecular weight is 117 g/mol. The Labute approximate surface area is 47.0 Å². The molecule has 0 aromatic carbocycles. The van der Waals surface area contributed by atoms with Crippen LogP contribution in [0, 0.1) is 6.58 Å². The van der Waals surface area contributed by atoms with Crippen molar-refractivity contribution in [1.82, 2.24) is 0 Å². The lowest BCUT2D eigenvalue weighted by molar-refractivity contribution is -0.140. The van der Waals surface area contributed by atoms with E-state index in [2.05, 4.69) is 11.3 Å². The van der Waals surface area contributed by atoms with Gasteiger partial charge in [0.1, 0.15) is 0 Å². The van der Waals surface area contributed by atoms with Gasteiger partial charge in [-0.3, -0.25) is 0 Å². The van der Waals surface area contributed by atoms with Gasteiger partial charge in [-0.25, -0.2) is 4.79 Å². The highest BCUT2D eigenvalue weighted by Crippen LogP contribution is 1.92. The molecule has 0 aromatic rings. The van der Waals surface area contributed by atoms with Crippen molar-refractivity contribution in [2.45, 2.75) is 6.92 Å². The fraction of sp³-hybridized carbons (Fsp3) is 0.400. The molecule has 0 aliphatic heterocycles. The van der Waals surface area contributed by atoms with Gasteiger partial charge >= 0.3 is 5.97 Å². The zero-order valence-electron chi connectivity index (χ0n) is 4.48. The summed E-state index contributed by atoms with van der Waals surface area (Å²) in [7, 11) is 0. The van der Waals surface area contributed by atoms with Gasteiger partial charge in [-0.2, -0.15) is 4.39 Å². The molecular formula is C5H6FO2. The van der Waals surface area contributed by atoms with Crippen molar-refractivity contribution >= 4 is 5.97 Å². The monoisotopic (exact) mass is 117 g/mol. The highest BCUT2D eigenvalue weighted by molar-refractivity contribution is 5.84. The van der Waals surface area contributed by atoms with Crippen LogP contribution in [-0.4, -0.2) is 12.6 Å². The molecule has 0 heterocycles. The summed E-state index contributed by atoms with van der Waals surface area (Å²) in [5.74, 6) is -2.39. The molecule has 0 aromatic heterocycles. The Morgan fingerprint density at radius 2 is 2.38 bits per heavy atom. The third kappa shape index (κ3) is 2.34. The lowest BCUT2D eigenvalue weighted by Crippen LogP contribution is -2.02. The zero-order chi connectivity index (χ0) is 6.57. The van der Waals surface area contributed by atoms with Gasteiger partial charge in [0, 0.05) is 0 Å². The third-order valence-corrected chi connectivity index (χ3v) is 0.470. The Balaban J connectivity index is 3.49. The minimum absolute atomic E-state index is 0.142. The summed E-state index contributed by atoms with van der Waals surface area (Å²) in [6, 6.07) is 0. The number of rotatable bonds is 2. The number of carbonyl (C=O) groups is 1. The molecule has 8 heavy (non-hydrogen) atoms. The Bertz CT molecular complexity index is 109. The van der Waals surface area contributed by atoms with Gasteiger partial charge in [0.05, 0.1) is 6.61 Å². The molecule has 0 spiro atoms. The Morgan fingerprint density at radius 1 is 1.88 bits per heavy atom. The van der Waals surface area contributed by atoms with E-state index in [1.165, 1.54) is 0 Å². The van der Waals surface area contributed by atoms with Gasteiger partial charge in [0.2, 0.25) is 5.83 Å². The van der Waals surface area contributed by atoms with Gasteiger partial charge in [-0.1, -0.05) is 0 Å². The summed E-state index contributed by atoms with van der Waals surface area (Å²) in [4.78, 5) is 9.98. The first-order valence-corrected chi connectivity index (χ1v) is 2.13. The standard InChI is InChI=1S/C5H6FO2/c1-3-8-5(7)4(2)6/h2H,3H2,1H3. The number of halogens is 1. The van der Waals surface area contributed by atoms with Crippen molar-refractivity contribution in [3.8, 4) is 0 Å². The van der Waals surface area contributed by atoms with Crippen LogP contribution in [0.1, 0.15) is 6.92 Å². The number of ether oxygens (including phenoxy) is 1. The van der Waals surface area contributed by atoms with Crippen LogP contribution in [-0.2, 0) is 9.53 Å². The topological polar surface area (TPSA) is 26.3 Å². The fourth-order valence-electron chi connectivity index (χ4n) is 0.200. The molecule has 2 nitrogen and oxygen atoms in total. The van der Waals surface area contributed by atoms with Gasteiger partial charge in [0.25, 0.3) is 0 Å². The quantitative estimate of drug-likeness (QED) is 0.395. The van der Waals surface area contributed by atoms with Crippen molar-refractivity contribution in [2.24, 2.45) is 0 Å². The lowest BCUT2D eigenvalue weighted by Gasteiger charge is -1.93. The number of carbonyl (C=O) groups excluding carboxylic acids is 1. The van der Waals surface area contributed by atoms with Crippen molar-refractivity contribution in [1.29, 1.82) is 0 Å². The fourth-order valence-corrected chi connectivity index (χ4v) is 0.200. The van der Waals surface area contributed by atoms with Crippen LogP contribution in [0.2, 0.25) is 0 Å². The molecule has 0 saturated carbocycles. The van der Waals surface area contributed by atoms with E-state index in [4.69, 9.17) is 0 Å². The molecule has 0 saturated heterocycles. The summed E-state index contributed by atoms with van der Waals surface area (Å²) in [6.45, 7) is 6.11. The van der Waals surface area contributed by atoms with Crippen LogP contribution in [0.5, 0.6) is 0 Å². The maximum atomic E-state index is 11.5. The lowest BCUT2D eigenvalue weighted by atomic mass is 10.6. The molecule has 0 amide bonds. The van der Waals surface area contributed by atoms with Crippen molar-refractivity contribution in [2.75, 3.05) is 6.61 Å². The predicted molar refractivity (Wildman–Crippen MR) is 25.6 cm³/mol. The van der Waals surface area contributed by atoms with Crippen LogP contribution in [0.15, 0.2) is 5.83 Å². The molecule has 0 bridgehead atoms. The molecule has 1 radical (unpaired) electrons. The maximum Gasteiger partial charge on any atom is 0.367 e. The van der Waals surface area contributed by atoms with Crippen LogP contribution in [0.4, 0.5) is 4.39 Å². The van der Waals surface area contributed by atoms with Gasteiger partial charge in [0.15, 0.2) is 0 Å². The van der Waals surface area contributed by atoms with Crippen LogP contribution in [0.3, 0.4) is 0 Å². The van der Waals surface area contributed by atoms with Crippen molar-refractivity contribution in [3.05, 3.63) is 12.4 Å². The van der Waals surface area contributed by atoms with E-state index in [-0.39, 0.29) is 6.61 Å². The summed E-state index contributed by atoms with van der Waals surface area (Å²) in [5, 5.41) is 0.